The molecule has 0 radical (unpaired) electrons. The second kappa shape index (κ2) is 8.21. The van der Waals surface area contributed by atoms with Crippen molar-refractivity contribution in [3.8, 4) is 17.2 Å². The quantitative estimate of drug-likeness (QED) is 0.621. The number of carbonyl (C=O) groups excluding carboxylic acids is 1. The van der Waals surface area contributed by atoms with Crippen molar-refractivity contribution < 1.29 is 19.4 Å². The smallest absolute Gasteiger partial charge is 0.280 e. The maximum Gasteiger partial charge on any atom is 0.280 e. The molecule has 24 heavy (non-hydrogen) atoms. The molecular weight excluding hydrogens is 332 g/mol. The number of phenols is 1. The van der Waals surface area contributed by atoms with Gasteiger partial charge < -0.3 is 14.6 Å². The molecule has 2 aromatic carbocycles. The number of hydrazone groups is 1. The van der Waals surface area contributed by atoms with Crippen LogP contribution in [0.15, 0.2) is 47.6 Å². The third kappa shape index (κ3) is 4.89. The molecule has 0 fully saturated rings. The van der Waals surface area contributed by atoms with E-state index in [0.29, 0.717) is 22.1 Å². The van der Waals surface area contributed by atoms with Crippen LogP contribution in [-0.2, 0) is 4.79 Å². The SMILES string of the molecule is COc1ccc(O)c(/C=N\NC(=O)[C@@H](C)Oc2ccc(Cl)cc2)c1. The fourth-order valence-corrected chi connectivity index (χ4v) is 1.92. The normalized spacial score (nSPS) is 12.0. The van der Waals surface area contributed by atoms with E-state index in [-0.39, 0.29) is 5.75 Å². The van der Waals surface area contributed by atoms with Gasteiger partial charge in [-0.3, -0.25) is 4.79 Å². The van der Waals surface area contributed by atoms with Crippen molar-refractivity contribution >= 4 is 23.7 Å². The molecule has 0 saturated carbocycles. The Morgan fingerprint density at radius 1 is 1.25 bits per heavy atom. The maximum atomic E-state index is 11.9. The van der Waals surface area contributed by atoms with Crippen LogP contribution in [0.25, 0.3) is 0 Å². The number of nitrogens with zero attached hydrogens (tertiary/aromatic N) is 1. The predicted molar refractivity (Wildman–Crippen MR) is 91.9 cm³/mol. The monoisotopic (exact) mass is 348 g/mol. The average Bonchev–Trinajstić information content (AvgIpc) is 2.58. The van der Waals surface area contributed by atoms with Crippen LogP contribution in [0.1, 0.15) is 12.5 Å². The minimum Gasteiger partial charge on any atom is -0.507 e. The summed E-state index contributed by atoms with van der Waals surface area (Å²) in [6, 6.07) is 11.4. The number of hydrogen-bond acceptors (Lipinski definition) is 5. The van der Waals surface area contributed by atoms with Gasteiger partial charge >= 0.3 is 0 Å². The molecule has 7 heteroatoms. The molecule has 0 aromatic heterocycles. The lowest BCUT2D eigenvalue weighted by Crippen LogP contribution is -2.33. The first-order valence-electron chi connectivity index (χ1n) is 7.11. The van der Waals surface area contributed by atoms with E-state index in [9.17, 15) is 9.90 Å². The van der Waals surface area contributed by atoms with E-state index in [1.54, 1.807) is 43.3 Å². The Labute approximate surface area is 144 Å². The summed E-state index contributed by atoms with van der Waals surface area (Å²) in [5.41, 5.74) is 2.77. The van der Waals surface area contributed by atoms with E-state index < -0.39 is 12.0 Å². The van der Waals surface area contributed by atoms with Gasteiger partial charge in [-0.05, 0) is 49.4 Å². The van der Waals surface area contributed by atoms with Crippen molar-refractivity contribution in [1.29, 1.82) is 0 Å². The summed E-state index contributed by atoms with van der Waals surface area (Å²) in [6.45, 7) is 1.60. The summed E-state index contributed by atoms with van der Waals surface area (Å²) in [7, 11) is 1.52. The van der Waals surface area contributed by atoms with Gasteiger partial charge in [0.15, 0.2) is 6.10 Å². The molecule has 0 heterocycles. The first kappa shape index (κ1) is 17.6. The van der Waals surface area contributed by atoms with Crippen molar-refractivity contribution in [3.05, 3.63) is 53.1 Å². The molecule has 2 N–H and O–H groups in total. The Morgan fingerprint density at radius 2 is 1.92 bits per heavy atom. The molecule has 2 aromatic rings. The predicted octanol–water partition coefficient (Wildman–Crippen LogP) is 2.97. The molecule has 0 aliphatic rings. The zero-order valence-corrected chi connectivity index (χ0v) is 13.9. The molecule has 126 valence electrons. The molecule has 1 amide bonds. The third-order valence-electron chi connectivity index (χ3n) is 3.11. The molecular formula is C17H17ClN2O4. The van der Waals surface area contributed by atoms with Gasteiger partial charge in [0.1, 0.15) is 17.2 Å². The Morgan fingerprint density at radius 3 is 2.58 bits per heavy atom. The lowest BCUT2D eigenvalue weighted by molar-refractivity contribution is -0.127. The second-order valence-electron chi connectivity index (χ2n) is 4.87. The zero-order valence-electron chi connectivity index (χ0n) is 13.2. The van der Waals surface area contributed by atoms with Gasteiger partial charge in [0.25, 0.3) is 5.91 Å². The number of hydrogen-bond donors (Lipinski definition) is 2. The third-order valence-corrected chi connectivity index (χ3v) is 3.36. The Kier molecular flexibility index (Phi) is 6.03. The van der Waals surface area contributed by atoms with Gasteiger partial charge in [0.05, 0.1) is 13.3 Å². The van der Waals surface area contributed by atoms with Crippen LogP contribution >= 0.6 is 11.6 Å². The van der Waals surface area contributed by atoms with Gasteiger partial charge in [-0.1, -0.05) is 11.6 Å². The molecule has 0 aliphatic heterocycles. The van der Waals surface area contributed by atoms with E-state index in [1.807, 2.05) is 0 Å². The number of halogens is 1. The fourth-order valence-electron chi connectivity index (χ4n) is 1.79. The lowest BCUT2D eigenvalue weighted by Gasteiger charge is -2.12. The van der Waals surface area contributed by atoms with Crippen molar-refractivity contribution in [2.75, 3.05) is 7.11 Å². The van der Waals surface area contributed by atoms with Crippen molar-refractivity contribution in [2.45, 2.75) is 13.0 Å². The van der Waals surface area contributed by atoms with E-state index in [0.717, 1.165) is 0 Å². The highest BCUT2D eigenvalue weighted by Crippen LogP contribution is 2.21. The van der Waals surface area contributed by atoms with Gasteiger partial charge in [-0.15, -0.1) is 0 Å². The molecule has 2 rings (SSSR count). The Balaban J connectivity index is 1.93. The minimum absolute atomic E-state index is 0.0271. The number of amides is 1. The van der Waals surface area contributed by atoms with Gasteiger partial charge in [-0.2, -0.15) is 5.10 Å². The number of ether oxygens (including phenoxy) is 2. The standard InChI is InChI=1S/C17H17ClN2O4/c1-11(24-14-5-3-13(18)4-6-14)17(22)20-19-10-12-9-15(23-2)7-8-16(12)21/h3-11,21H,1-2H3,(H,20,22)/b19-10-/t11-/m1/s1. The summed E-state index contributed by atoms with van der Waals surface area (Å²) in [4.78, 5) is 11.9. The van der Waals surface area contributed by atoms with Gasteiger partial charge in [0.2, 0.25) is 0 Å². The summed E-state index contributed by atoms with van der Waals surface area (Å²) in [5.74, 6) is 0.694. The number of phenolic OH excluding ortho intramolecular Hbond substituents is 1. The van der Waals surface area contributed by atoms with Crippen molar-refractivity contribution in [1.82, 2.24) is 5.43 Å². The van der Waals surface area contributed by atoms with Crippen molar-refractivity contribution in [2.24, 2.45) is 5.10 Å². The topological polar surface area (TPSA) is 80.2 Å². The average molecular weight is 349 g/mol. The largest absolute Gasteiger partial charge is 0.507 e. The molecule has 0 aliphatic carbocycles. The van der Waals surface area contributed by atoms with Crippen molar-refractivity contribution in [3.63, 3.8) is 0 Å². The van der Waals surface area contributed by atoms with E-state index in [4.69, 9.17) is 21.1 Å². The highest BCUT2D eigenvalue weighted by atomic mass is 35.5. The molecule has 0 saturated heterocycles. The molecule has 1 atom stereocenters. The summed E-state index contributed by atoms with van der Waals surface area (Å²) in [6.07, 6.45) is 0.576. The van der Waals surface area contributed by atoms with Crippen LogP contribution in [0.3, 0.4) is 0 Å². The van der Waals surface area contributed by atoms with Gasteiger partial charge in [-0.25, -0.2) is 5.43 Å². The minimum atomic E-state index is -0.748. The number of benzene rings is 2. The number of nitrogens with one attached hydrogen (secondary N) is 1. The first-order chi connectivity index (χ1) is 11.5. The van der Waals surface area contributed by atoms with Crippen LogP contribution in [0.4, 0.5) is 0 Å². The highest BCUT2D eigenvalue weighted by Gasteiger charge is 2.13. The van der Waals surface area contributed by atoms with Crippen LogP contribution in [-0.4, -0.2) is 30.4 Å². The molecule has 0 bridgehead atoms. The Hall–Kier alpha value is -2.73. The van der Waals surface area contributed by atoms with Crippen LogP contribution < -0.4 is 14.9 Å². The number of methoxy groups -OCH3 is 1. The summed E-state index contributed by atoms with van der Waals surface area (Å²) in [5, 5.41) is 14.1. The van der Waals surface area contributed by atoms with E-state index in [2.05, 4.69) is 10.5 Å². The zero-order chi connectivity index (χ0) is 17.5. The molecule has 6 nitrogen and oxygen atoms in total. The molecule has 0 unspecified atom stereocenters. The van der Waals surface area contributed by atoms with Crippen LogP contribution in [0.2, 0.25) is 5.02 Å². The summed E-state index contributed by atoms with van der Waals surface area (Å²) >= 11 is 5.79. The van der Waals surface area contributed by atoms with E-state index in [1.165, 1.54) is 19.4 Å². The number of carbonyl (C=O) groups is 1. The fraction of sp³-hybridized carbons (Fsp3) is 0.176. The number of rotatable bonds is 6. The number of aromatic hydroxyl groups is 1. The maximum absolute atomic E-state index is 11.9. The molecule has 0 spiro atoms. The second-order valence-corrected chi connectivity index (χ2v) is 5.31. The van der Waals surface area contributed by atoms with Crippen LogP contribution in [0, 0.1) is 0 Å². The highest BCUT2D eigenvalue weighted by molar-refractivity contribution is 6.30. The van der Waals surface area contributed by atoms with Gasteiger partial charge in [0, 0.05) is 10.6 Å². The lowest BCUT2D eigenvalue weighted by atomic mass is 10.2. The van der Waals surface area contributed by atoms with Crippen LogP contribution in [0.5, 0.6) is 17.2 Å². The summed E-state index contributed by atoms with van der Waals surface area (Å²) < 4.78 is 10.5. The first-order valence-corrected chi connectivity index (χ1v) is 7.49. The van der Waals surface area contributed by atoms with E-state index >= 15 is 0 Å². The Bertz CT molecular complexity index is 732.